The smallest absolute Gasteiger partial charge is 0.243 e. The van der Waals surface area contributed by atoms with Gasteiger partial charge in [-0.15, -0.1) is 0 Å². The number of hydrogen-bond donors (Lipinski definition) is 1. The molecule has 1 aromatic carbocycles. The highest BCUT2D eigenvalue weighted by molar-refractivity contribution is 5.89. The summed E-state index contributed by atoms with van der Waals surface area (Å²) in [4.78, 5) is 15.1. The van der Waals surface area contributed by atoms with Crippen molar-refractivity contribution in [1.29, 1.82) is 0 Å². The molecule has 2 atom stereocenters. The highest BCUT2D eigenvalue weighted by atomic mass is 16.5. The third-order valence-electron chi connectivity index (χ3n) is 6.80. The third-order valence-corrected chi connectivity index (χ3v) is 6.80. The van der Waals surface area contributed by atoms with E-state index in [1.807, 2.05) is 24.0 Å². The van der Waals surface area contributed by atoms with Crippen LogP contribution < -0.4 is 10.5 Å². The standard InChI is InChI=1S/C22H34N2O3/c1-5-27-19-15-22(23,21(19,2)3)20(25)24-12-10-17(11-13-24)14-16-6-8-18(26-4)9-7-16/h6-9,17,19H,5,10-15,23H2,1-4H3. The lowest BCUT2D eigenvalue weighted by Crippen LogP contribution is -2.76. The third kappa shape index (κ3) is 3.72. The lowest BCUT2D eigenvalue weighted by molar-refractivity contribution is -0.180. The number of likely N-dealkylation sites (tertiary alicyclic amines) is 1. The molecule has 0 aromatic heterocycles. The fourth-order valence-electron chi connectivity index (χ4n) is 4.52. The second-order valence-corrected chi connectivity index (χ2v) is 8.63. The number of piperidine rings is 1. The fraction of sp³-hybridized carbons (Fsp3) is 0.682. The first kappa shape index (κ1) is 20.2. The van der Waals surface area contributed by atoms with Crippen LogP contribution in [0.2, 0.25) is 0 Å². The topological polar surface area (TPSA) is 64.8 Å². The fourth-order valence-corrected chi connectivity index (χ4v) is 4.52. The monoisotopic (exact) mass is 374 g/mol. The SMILES string of the molecule is CCOC1CC(N)(C(=O)N2CCC(Cc3ccc(OC)cc3)CC2)C1(C)C. The quantitative estimate of drug-likeness (QED) is 0.831. The van der Waals surface area contributed by atoms with E-state index < -0.39 is 5.54 Å². The summed E-state index contributed by atoms with van der Waals surface area (Å²) in [5, 5.41) is 0. The molecule has 1 saturated carbocycles. The summed E-state index contributed by atoms with van der Waals surface area (Å²) in [5.41, 5.74) is 6.79. The van der Waals surface area contributed by atoms with Crippen LogP contribution in [0, 0.1) is 11.3 Å². The first-order chi connectivity index (χ1) is 12.8. The number of carbonyl (C=O) groups excluding carboxylic acids is 1. The van der Waals surface area contributed by atoms with Gasteiger partial charge in [-0.1, -0.05) is 26.0 Å². The van der Waals surface area contributed by atoms with Crippen LogP contribution in [0.25, 0.3) is 0 Å². The number of carbonyl (C=O) groups is 1. The Bertz CT molecular complexity index is 650. The van der Waals surface area contributed by atoms with Crippen LogP contribution in [0.3, 0.4) is 0 Å². The molecule has 3 rings (SSSR count). The molecule has 1 aliphatic carbocycles. The minimum atomic E-state index is -0.796. The average Bonchev–Trinajstić information content (AvgIpc) is 2.68. The van der Waals surface area contributed by atoms with Gasteiger partial charge in [0.1, 0.15) is 11.3 Å². The molecule has 1 saturated heterocycles. The van der Waals surface area contributed by atoms with Gasteiger partial charge in [0.15, 0.2) is 0 Å². The molecular weight excluding hydrogens is 340 g/mol. The number of methoxy groups -OCH3 is 1. The van der Waals surface area contributed by atoms with Crippen molar-refractivity contribution >= 4 is 5.91 Å². The minimum absolute atomic E-state index is 0.0732. The van der Waals surface area contributed by atoms with Crippen LogP contribution in [0.1, 0.15) is 45.6 Å². The van der Waals surface area contributed by atoms with Gasteiger partial charge in [-0.25, -0.2) is 0 Å². The summed E-state index contributed by atoms with van der Waals surface area (Å²) in [7, 11) is 1.69. The molecule has 0 radical (unpaired) electrons. The Morgan fingerprint density at radius 3 is 2.37 bits per heavy atom. The lowest BCUT2D eigenvalue weighted by Gasteiger charge is -2.59. The number of ether oxygens (including phenoxy) is 2. The number of hydrogen-bond acceptors (Lipinski definition) is 4. The number of nitrogens with zero attached hydrogens (tertiary/aromatic N) is 1. The summed E-state index contributed by atoms with van der Waals surface area (Å²) in [6.07, 6.45) is 3.81. The molecule has 0 spiro atoms. The summed E-state index contributed by atoms with van der Waals surface area (Å²) in [6.45, 7) is 8.37. The van der Waals surface area contributed by atoms with Gasteiger partial charge in [-0.2, -0.15) is 0 Å². The second kappa shape index (κ2) is 7.80. The van der Waals surface area contributed by atoms with Crippen LogP contribution in [0.4, 0.5) is 0 Å². The zero-order chi connectivity index (χ0) is 19.7. The van der Waals surface area contributed by atoms with E-state index in [-0.39, 0.29) is 17.4 Å². The van der Waals surface area contributed by atoms with E-state index >= 15 is 0 Å². The van der Waals surface area contributed by atoms with Crippen LogP contribution in [-0.4, -0.2) is 49.3 Å². The van der Waals surface area contributed by atoms with Crippen molar-refractivity contribution in [2.75, 3.05) is 26.8 Å². The number of benzene rings is 1. The van der Waals surface area contributed by atoms with Gasteiger partial charge in [0.2, 0.25) is 5.91 Å². The molecule has 150 valence electrons. The predicted octanol–water partition coefficient (Wildman–Crippen LogP) is 3.01. The second-order valence-electron chi connectivity index (χ2n) is 8.63. The number of amides is 1. The summed E-state index contributed by atoms with van der Waals surface area (Å²) in [6, 6.07) is 8.30. The van der Waals surface area contributed by atoms with Crippen LogP contribution in [0.15, 0.2) is 24.3 Å². The molecule has 2 aliphatic rings. The Kier molecular flexibility index (Phi) is 5.82. The zero-order valence-electron chi connectivity index (χ0n) is 17.2. The average molecular weight is 375 g/mol. The van der Waals surface area contributed by atoms with Crippen molar-refractivity contribution in [2.45, 2.75) is 58.1 Å². The molecule has 1 amide bonds. The maximum Gasteiger partial charge on any atom is 0.243 e. The van der Waals surface area contributed by atoms with Crippen LogP contribution in [0.5, 0.6) is 5.75 Å². The van der Waals surface area contributed by atoms with Crippen molar-refractivity contribution in [2.24, 2.45) is 17.1 Å². The van der Waals surface area contributed by atoms with E-state index in [4.69, 9.17) is 15.2 Å². The first-order valence-electron chi connectivity index (χ1n) is 10.1. The molecule has 0 bridgehead atoms. The number of rotatable bonds is 6. The van der Waals surface area contributed by atoms with Gasteiger partial charge in [-0.3, -0.25) is 4.79 Å². The molecule has 27 heavy (non-hydrogen) atoms. The van der Waals surface area contributed by atoms with Crippen molar-refractivity contribution in [3.8, 4) is 5.75 Å². The maximum absolute atomic E-state index is 13.1. The summed E-state index contributed by atoms with van der Waals surface area (Å²) >= 11 is 0. The molecule has 1 aromatic rings. The van der Waals surface area contributed by atoms with E-state index in [0.29, 0.717) is 18.9 Å². The van der Waals surface area contributed by atoms with E-state index in [1.54, 1.807) is 7.11 Å². The van der Waals surface area contributed by atoms with E-state index in [9.17, 15) is 4.79 Å². The Labute approximate surface area is 163 Å². The molecule has 1 heterocycles. The van der Waals surface area contributed by atoms with Crippen LogP contribution in [-0.2, 0) is 16.0 Å². The molecular formula is C22H34N2O3. The van der Waals surface area contributed by atoms with Gasteiger partial charge in [0, 0.05) is 31.5 Å². The van der Waals surface area contributed by atoms with Crippen LogP contribution >= 0.6 is 0 Å². The molecule has 5 heteroatoms. The molecule has 5 nitrogen and oxygen atoms in total. The summed E-state index contributed by atoms with van der Waals surface area (Å²) in [5.74, 6) is 1.61. The van der Waals surface area contributed by atoms with Crippen molar-refractivity contribution in [1.82, 2.24) is 4.90 Å². The van der Waals surface area contributed by atoms with E-state index in [2.05, 4.69) is 26.0 Å². The molecule has 1 aliphatic heterocycles. The summed E-state index contributed by atoms with van der Waals surface area (Å²) < 4.78 is 11.0. The van der Waals surface area contributed by atoms with Gasteiger partial charge in [-0.05, 0) is 49.8 Å². The van der Waals surface area contributed by atoms with Gasteiger partial charge < -0.3 is 20.1 Å². The zero-order valence-corrected chi connectivity index (χ0v) is 17.2. The van der Waals surface area contributed by atoms with Crippen molar-refractivity contribution in [3.05, 3.63) is 29.8 Å². The van der Waals surface area contributed by atoms with E-state index in [0.717, 1.165) is 38.1 Å². The number of nitrogens with two attached hydrogens (primary N) is 1. The van der Waals surface area contributed by atoms with E-state index in [1.165, 1.54) is 5.56 Å². The van der Waals surface area contributed by atoms with Crippen molar-refractivity contribution in [3.63, 3.8) is 0 Å². The lowest BCUT2D eigenvalue weighted by atomic mass is 9.54. The largest absolute Gasteiger partial charge is 0.497 e. The highest BCUT2D eigenvalue weighted by Crippen LogP contribution is 2.50. The van der Waals surface area contributed by atoms with Gasteiger partial charge >= 0.3 is 0 Å². The minimum Gasteiger partial charge on any atom is -0.497 e. The Morgan fingerprint density at radius 2 is 1.85 bits per heavy atom. The van der Waals surface area contributed by atoms with Gasteiger partial charge in [0.05, 0.1) is 13.2 Å². The van der Waals surface area contributed by atoms with Gasteiger partial charge in [0.25, 0.3) is 0 Å². The first-order valence-corrected chi connectivity index (χ1v) is 10.1. The predicted molar refractivity (Wildman–Crippen MR) is 107 cm³/mol. The Hall–Kier alpha value is -1.59. The molecule has 2 N–H and O–H groups in total. The molecule has 2 fully saturated rings. The van der Waals surface area contributed by atoms with Crippen molar-refractivity contribution < 1.29 is 14.3 Å². The maximum atomic E-state index is 13.1. The molecule has 2 unspecified atom stereocenters. The highest BCUT2D eigenvalue weighted by Gasteiger charge is 2.63. The Balaban J connectivity index is 1.53. The Morgan fingerprint density at radius 1 is 1.22 bits per heavy atom. The normalized spacial score (nSPS) is 27.9.